The van der Waals surface area contributed by atoms with Gasteiger partial charge in [-0.15, -0.1) is 0 Å². The van der Waals surface area contributed by atoms with E-state index >= 15 is 0 Å². The van der Waals surface area contributed by atoms with E-state index in [1.807, 2.05) is 30.3 Å². The predicted octanol–water partition coefficient (Wildman–Crippen LogP) is 4.62. The number of rotatable bonds is 6. The summed E-state index contributed by atoms with van der Waals surface area (Å²) in [5.41, 5.74) is 1.85. The molecule has 2 atom stereocenters. The molecule has 0 saturated heterocycles. The molecule has 176 valence electrons. The maximum absolute atomic E-state index is 13.8. The molecule has 0 radical (unpaired) electrons. The molecule has 0 unspecified atom stereocenters. The predicted molar refractivity (Wildman–Crippen MR) is 129 cm³/mol. The maximum Gasteiger partial charge on any atom is 0.262 e. The zero-order chi connectivity index (χ0) is 23.4. The summed E-state index contributed by atoms with van der Waals surface area (Å²) in [6.45, 7) is 2.15. The second kappa shape index (κ2) is 8.07. The van der Waals surface area contributed by atoms with Gasteiger partial charge in [0.1, 0.15) is 6.04 Å². The van der Waals surface area contributed by atoms with Crippen molar-refractivity contribution < 1.29 is 14.4 Å². The Morgan fingerprint density at radius 1 is 0.882 bits per heavy atom. The van der Waals surface area contributed by atoms with Crippen LogP contribution in [0, 0.1) is 23.2 Å². The van der Waals surface area contributed by atoms with Crippen LogP contribution < -0.4 is 5.32 Å². The van der Waals surface area contributed by atoms with Gasteiger partial charge in [0.15, 0.2) is 0 Å². The number of carbonyl (C=O) groups is 3. The fourth-order valence-corrected chi connectivity index (χ4v) is 7.80. The molecule has 2 aromatic rings. The zero-order valence-corrected chi connectivity index (χ0v) is 19.7. The third-order valence-electron chi connectivity index (χ3n) is 9.07. The van der Waals surface area contributed by atoms with Crippen molar-refractivity contribution in [1.82, 2.24) is 10.2 Å². The van der Waals surface area contributed by atoms with E-state index in [9.17, 15) is 14.4 Å². The molecule has 3 amide bonds. The van der Waals surface area contributed by atoms with Gasteiger partial charge in [-0.25, -0.2) is 0 Å². The summed E-state index contributed by atoms with van der Waals surface area (Å²) in [7, 11) is 0. The van der Waals surface area contributed by atoms with E-state index in [4.69, 9.17) is 0 Å². The highest BCUT2D eigenvalue weighted by atomic mass is 16.2. The van der Waals surface area contributed by atoms with Gasteiger partial charge in [0.2, 0.25) is 5.91 Å². The van der Waals surface area contributed by atoms with Crippen molar-refractivity contribution in [3.05, 3.63) is 71.3 Å². The number of imide groups is 1. The molecule has 0 aromatic heterocycles. The minimum Gasteiger partial charge on any atom is -0.351 e. The Balaban J connectivity index is 1.28. The lowest BCUT2D eigenvalue weighted by atomic mass is 9.48. The van der Waals surface area contributed by atoms with Gasteiger partial charge >= 0.3 is 0 Å². The number of hydrogen-bond donors (Lipinski definition) is 1. The van der Waals surface area contributed by atoms with Gasteiger partial charge in [-0.05, 0) is 86.3 Å². The second-order valence-corrected chi connectivity index (χ2v) is 11.2. The van der Waals surface area contributed by atoms with E-state index in [2.05, 4.69) is 12.2 Å². The van der Waals surface area contributed by atoms with Crippen molar-refractivity contribution in [2.75, 3.05) is 0 Å². The van der Waals surface area contributed by atoms with E-state index in [1.165, 1.54) is 43.4 Å². The third kappa shape index (κ3) is 3.48. The fourth-order valence-electron chi connectivity index (χ4n) is 7.80. The van der Waals surface area contributed by atoms with Gasteiger partial charge in [0.05, 0.1) is 11.1 Å². The summed E-state index contributed by atoms with van der Waals surface area (Å²) in [5.74, 6) is 1.41. The Bertz CT molecular complexity index is 1070. The minimum absolute atomic E-state index is 0.0295. The number of nitrogens with one attached hydrogen (secondary N) is 1. The molecule has 1 N–H and O–H groups in total. The molecule has 5 heteroatoms. The van der Waals surface area contributed by atoms with Crippen molar-refractivity contribution >= 4 is 17.7 Å². The van der Waals surface area contributed by atoms with Crippen LogP contribution in [0.15, 0.2) is 54.6 Å². The van der Waals surface area contributed by atoms with Crippen molar-refractivity contribution in [3.63, 3.8) is 0 Å². The molecule has 4 saturated carbocycles. The zero-order valence-electron chi connectivity index (χ0n) is 19.7. The van der Waals surface area contributed by atoms with Crippen LogP contribution in [0.4, 0.5) is 0 Å². The molecule has 5 nitrogen and oxygen atoms in total. The smallest absolute Gasteiger partial charge is 0.262 e. The first-order valence-electron chi connectivity index (χ1n) is 12.7. The summed E-state index contributed by atoms with van der Waals surface area (Å²) < 4.78 is 0. The normalized spacial score (nSPS) is 30.9. The summed E-state index contributed by atoms with van der Waals surface area (Å²) >= 11 is 0. The lowest BCUT2D eigenvalue weighted by molar-refractivity contribution is -0.129. The Morgan fingerprint density at radius 2 is 1.38 bits per heavy atom. The quantitative estimate of drug-likeness (QED) is 0.646. The molecule has 34 heavy (non-hydrogen) atoms. The Morgan fingerprint density at radius 3 is 1.91 bits per heavy atom. The summed E-state index contributed by atoms with van der Waals surface area (Å²) in [4.78, 5) is 41.6. The molecule has 4 bridgehead atoms. The van der Waals surface area contributed by atoms with Crippen LogP contribution in [0.25, 0.3) is 0 Å². The van der Waals surface area contributed by atoms with Crippen molar-refractivity contribution in [1.29, 1.82) is 0 Å². The highest BCUT2D eigenvalue weighted by Crippen LogP contribution is 2.61. The number of fused-ring (bicyclic) bond motifs is 1. The molecule has 2 aromatic carbocycles. The van der Waals surface area contributed by atoms with Gasteiger partial charge < -0.3 is 5.32 Å². The summed E-state index contributed by atoms with van der Waals surface area (Å²) in [5, 5.41) is 3.32. The fraction of sp³-hybridized carbons (Fsp3) is 0.483. The molecule has 1 heterocycles. The number of carbonyl (C=O) groups excluding carboxylic acids is 3. The molecule has 4 fully saturated rings. The second-order valence-electron chi connectivity index (χ2n) is 11.2. The first-order chi connectivity index (χ1) is 16.4. The molecule has 0 spiro atoms. The highest BCUT2D eigenvalue weighted by molar-refractivity contribution is 6.22. The third-order valence-corrected chi connectivity index (χ3v) is 9.07. The number of amides is 3. The topological polar surface area (TPSA) is 66.5 Å². The van der Waals surface area contributed by atoms with Gasteiger partial charge in [0, 0.05) is 12.5 Å². The molecule has 4 aliphatic carbocycles. The van der Waals surface area contributed by atoms with Crippen LogP contribution in [0.3, 0.4) is 0 Å². The first-order valence-corrected chi connectivity index (χ1v) is 12.7. The minimum atomic E-state index is -0.869. The van der Waals surface area contributed by atoms with Gasteiger partial charge in [-0.1, -0.05) is 42.5 Å². The Kier molecular flexibility index (Phi) is 5.12. The van der Waals surface area contributed by atoms with Crippen LogP contribution >= 0.6 is 0 Å². The average Bonchev–Trinajstić information content (AvgIpc) is 3.07. The summed E-state index contributed by atoms with van der Waals surface area (Å²) in [6, 6.07) is 15.7. The average molecular weight is 457 g/mol. The largest absolute Gasteiger partial charge is 0.351 e. The first kappa shape index (κ1) is 21.6. The monoisotopic (exact) mass is 456 g/mol. The van der Waals surface area contributed by atoms with Crippen LogP contribution in [0.2, 0.25) is 0 Å². The number of benzene rings is 2. The molecular weight excluding hydrogens is 424 g/mol. The van der Waals surface area contributed by atoms with Crippen molar-refractivity contribution in [2.24, 2.45) is 23.2 Å². The lowest BCUT2D eigenvalue weighted by Gasteiger charge is -2.59. The van der Waals surface area contributed by atoms with Gasteiger partial charge in [-0.3, -0.25) is 19.3 Å². The number of hydrogen-bond acceptors (Lipinski definition) is 3. The summed E-state index contributed by atoms with van der Waals surface area (Å²) in [6.07, 6.45) is 7.94. The maximum atomic E-state index is 13.8. The molecule has 5 aliphatic rings. The van der Waals surface area contributed by atoms with Gasteiger partial charge in [0.25, 0.3) is 11.8 Å². The Labute approximate surface area is 200 Å². The van der Waals surface area contributed by atoms with E-state index < -0.39 is 6.04 Å². The van der Waals surface area contributed by atoms with Crippen LogP contribution in [0.1, 0.15) is 71.7 Å². The van der Waals surface area contributed by atoms with E-state index in [0.717, 1.165) is 23.3 Å². The highest BCUT2D eigenvalue weighted by Gasteiger charge is 2.54. The SMILES string of the molecule is C[C@H](NC(=O)[C@H](Cc1ccccc1)N1C(=O)c2ccccc2C1=O)C12CC3CC(CC(C3)C1)C2. The molecule has 7 rings (SSSR count). The van der Waals surface area contributed by atoms with Crippen LogP contribution in [-0.2, 0) is 11.2 Å². The molecule has 1 aliphatic heterocycles. The standard InChI is InChI=1S/C29H32N2O3/c1-18(29-15-20-11-21(16-29)13-22(12-20)17-29)30-26(32)25(14-19-7-3-2-4-8-19)31-27(33)23-9-5-6-10-24(23)28(31)34/h2-10,18,20-22,25H,11-17H2,1H3,(H,30,32)/t18-,20?,21?,22?,25-,29?/m0/s1. The van der Waals surface area contributed by atoms with Gasteiger partial charge in [-0.2, -0.15) is 0 Å². The van der Waals surface area contributed by atoms with Crippen molar-refractivity contribution in [3.8, 4) is 0 Å². The van der Waals surface area contributed by atoms with E-state index in [0.29, 0.717) is 17.5 Å². The molecular formula is C29H32N2O3. The van der Waals surface area contributed by atoms with E-state index in [-0.39, 0.29) is 29.2 Å². The van der Waals surface area contributed by atoms with E-state index in [1.54, 1.807) is 24.3 Å². The van der Waals surface area contributed by atoms with Crippen LogP contribution in [-0.4, -0.2) is 34.7 Å². The number of nitrogens with zero attached hydrogens (tertiary/aromatic N) is 1. The van der Waals surface area contributed by atoms with Crippen LogP contribution in [0.5, 0.6) is 0 Å². The Hall–Kier alpha value is -2.95. The van der Waals surface area contributed by atoms with Crippen molar-refractivity contribution in [2.45, 2.75) is 64.0 Å². The lowest BCUT2D eigenvalue weighted by Crippen LogP contribution is -2.59.